The van der Waals surface area contributed by atoms with Gasteiger partial charge in [0.1, 0.15) is 5.38 Å². The topological polar surface area (TPSA) is 43.1 Å². The van der Waals surface area contributed by atoms with Crippen molar-refractivity contribution in [3.8, 4) is 0 Å². The molecule has 0 aromatic heterocycles. The molecule has 2 nitrogen and oxygen atoms in total. The minimum absolute atomic E-state index is 0.394. The van der Waals surface area contributed by atoms with E-state index in [9.17, 15) is 4.79 Å². The molecule has 8 heavy (non-hydrogen) atoms. The van der Waals surface area contributed by atoms with Crippen LogP contribution in [0.15, 0.2) is 0 Å². The number of rotatable bonds is 2. The standard InChI is InChI=1S/C4H7Cl2NO/c1-2(5)3(6)4(7)8/h2-3H,1H3,(H2,7,8). The van der Waals surface area contributed by atoms with Crippen LogP contribution < -0.4 is 5.73 Å². The lowest BCUT2D eigenvalue weighted by Crippen LogP contribution is -2.29. The first-order valence-corrected chi connectivity index (χ1v) is 3.00. The second-order valence-electron chi connectivity index (χ2n) is 1.48. The highest BCUT2D eigenvalue weighted by molar-refractivity contribution is 6.37. The highest BCUT2D eigenvalue weighted by atomic mass is 35.5. The Hall–Kier alpha value is 0.0500. The van der Waals surface area contributed by atoms with Crippen molar-refractivity contribution in [2.45, 2.75) is 17.7 Å². The predicted octanol–water partition coefficient (Wildman–Crippen LogP) is 0.706. The van der Waals surface area contributed by atoms with Crippen molar-refractivity contribution in [1.82, 2.24) is 0 Å². The van der Waals surface area contributed by atoms with Gasteiger partial charge in [0, 0.05) is 0 Å². The number of primary amides is 1. The third-order valence-corrected chi connectivity index (χ3v) is 1.65. The highest BCUT2D eigenvalue weighted by Gasteiger charge is 2.16. The normalized spacial score (nSPS) is 17.4. The third kappa shape index (κ3) is 2.38. The summed E-state index contributed by atoms with van der Waals surface area (Å²) < 4.78 is 0. The number of halogens is 2. The van der Waals surface area contributed by atoms with Crippen LogP contribution in [-0.4, -0.2) is 16.7 Å². The first kappa shape index (κ1) is 8.05. The molecule has 48 valence electrons. The summed E-state index contributed by atoms with van der Waals surface area (Å²) in [5, 5.41) is -1.15. The molecule has 4 heteroatoms. The van der Waals surface area contributed by atoms with Crippen molar-refractivity contribution in [2.75, 3.05) is 0 Å². The number of hydrogen-bond acceptors (Lipinski definition) is 1. The van der Waals surface area contributed by atoms with Crippen molar-refractivity contribution in [1.29, 1.82) is 0 Å². The van der Waals surface area contributed by atoms with E-state index in [2.05, 4.69) is 0 Å². The Balaban J connectivity index is 3.64. The smallest absolute Gasteiger partial charge is 0.236 e. The van der Waals surface area contributed by atoms with Gasteiger partial charge in [-0.05, 0) is 6.92 Å². The maximum atomic E-state index is 10.1. The van der Waals surface area contributed by atoms with Crippen LogP contribution in [0.2, 0.25) is 0 Å². The molecule has 0 bridgehead atoms. The molecule has 0 saturated heterocycles. The molecular formula is C4H7Cl2NO. The molecule has 0 heterocycles. The van der Waals surface area contributed by atoms with E-state index in [1.54, 1.807) is 6.92 Å². The molecule has 0 rings (SSSR count). The summed E-state index contributed by atoms with van der Waals surface area (Å²) in [5.41, 5.74) is 4.78. The monoisotopic (exact) mass is 155 g/mol. The molecule has 0 aliphatic rings. The molecule has 0 spiro atoms. The Kier molecular flexibility index (Phi) is 3.17. The summed E-state index contributed by atoms with van der Waals surface area (Å²) in [6.07, 6.45) is 0. The summed E-state index contributed by atoms with van der Waals surface area (Å²) in [5.74, 6) is -0.575. The van der Waals surface area contributed by atoms with Crippen molar-refractivity contribution in [3.05, 3.63) is 0 Å². The van der Waals surface area contributed by atoms with E-state index in [1.807, 2.05) is 0 Å². The molecular weight excluding hydrogens is 149 g/mol. The Bertz CT molecular complexity index is 94.0. The molecule has 0 radical (unpaired) electrons. The fourth-order valence-corrected chi connectivity index (χ4v) is 0.351. The molecule has 0 saturated carbocycles. The summed E-state index contributed by atoms with van der Waals surface area (Å²) in [7, 11) is 0. The Morgan fingerprint density at radius 2 is 2.00 bits per heavy atom. The lowest BCUT2D eigenvalue weighted by atomic mass is 10.3. The summed E-state index contributed by atoms with van der Waals surface area (Å²) in [6.45, 7) is 1.62. The van der Waals surface area contributed by atoms with E-state index in [1.165, 1.54) is 0 Å². The van der Waals surface area contributed by atoms with Crippen molar-refractivity contribution >= 4 is 29.1 Å². The van der Waals surface area contributed by atoms with Crippen LogP contribution in [0.5, 0.6) is 0 Å². The van der Waals surface area contributed by atoms with Gasteiger partial charge in [-0.25, -0.2) is 0 Å². The van der Waals surface area contributed by atoms with Gasteiger partial charge in [0.2, 0.25) is 5.91 Å². The van der Waals surface area contributed by atoms with Crippen LogP contribution in [-0.2, 0) is 4.79 Å². The van der Waals surface area contributed by atoms with Gasteiger partial charge < -0.3 is 5.73 Å². The quantitative estimate of drug-likeness (QED) is 0.587. The fourth-order valence-electron chi connectivity index (χ4n) is 0.226. The average molecular weight is 156 g/mol. The van der Waals surface area contributed by atoms with Crippen LogP contribution in [0.3, 0.4) is 0 Å². The lowest BCUT2D eigenvalue weighted by molar-refractivity contribution is -0.117. The van der Waals surface area contributed by atoms with E-state index in [0.717, 1.165) is 0 Å². The number of hydrogen-bond donors (Lipinski definition) is 1. The van der Waals surface area contributed by atoms with Crippen molar-refractivity contribution in [3.63, 3.8) is 0 Å². The minimum atomic E-state index is -0.753. The van der Waals surface area contributed by atoms with Gasteiger partial charge in [0.05, 0.1) is 5.38 Å². The van der Waals surface area contributed by atoms with E-state index in [0.29, 0.717) is 0 Å². The Morgan fingerprint density at radius 1 is 1.62 bits per heavy atom. The zero-order valence-corrected chi connectivity index (χ0v) is 5.91. The zero-order chi connectivity index (χ0) is 6.73. The number of alkyl halides is 2. The Morgan fingerprint density at radius 3 is 2.00 bits per heavy atom. The predicted molar refractivity (Wildman–Crippen MR) is 34.2 cm³/mol. The number of carbonyl (C=O) groups excluding carboxylic acids is 1. The Labute approximate surface area is 57.9 Å². The van der Waals surface area contributed by atoms with Gasteiger partial charge >= 0.3 is 0 Å². The van der Waals surface area contributed by atoms with Crippen molar-refractivity contribution in [2.24, 2.45) is 5.73 Å². The number of nitrogens with two attached hydrogens (primary N) is 1. The van der Waals surface area contributed by atoms with Crippen LogP contribution in [0.4, 0.5) is 0 Å². The summed E-state index contributed by atoms with van der Waals surface area (Å²) in [6, 6.07) is 0. The van der Waals surface area contributed by atoms with E-state index < -0.39 is 16.7 Å². The fraction of sp³-hybridized carbons (Fsp3) is 0.750. The molecule has 0 aromatic carbocycles. The first-order chi connectivity index (χ1) is 3.55. The average Bonchev–Trinajstić information content (AvgIpc) is 1.64. The van der Waals surface area contributed by atoms with Gasteiger partial charge in [0.25, 0.3) is 0 Å². The molecule has 0 aromatic rings. The van der Waals surface area contributed by atoms with Crippen LogP contribution in [0.25, 0.3) is 0 Å². The second-order valence-corrected chi connectivity index (χ2v) is 2.64. The third-order valence-electron chi connectivity index (χ3n) is 0.675. The van der Waals surface area contributed by atoms with Crippen LogP contribution >= 0.6 is 23.2 Å². The van der Waals surface area contributed by atoms with Crippen LogP contribution in [0, 0.1) is 0 Å². The van der Waals surface area contributed by atoms with Crippen LogP contribution in [0.1, 0.15) is 6.92 Å². The molecule has 1 amide bonds. The highest BCUT2D eigenvalue weighted by Crippen LogP contribution is 2.07. The number of carbonyl (C=O) groups is 1. The second kappa shape index (κ2) is 3.15. The molecule has 2 N–H and O–H groups in total. The molecule has 0 aliphatic heterocycles. The van der Waals surface area contributed by atoms with E-state index >= 15 is 0 Å². The van der Waals surface area contributed by atoms with Gasteiger partial charge in [0.15, 0.2) is 0 Å². The first-order valence-electron chi connectivity index (χ1n) is 2.13. The molecule has 0 fully saturated rings. The maximum absolute atomic E-state index is 10.1. The van der Waals surface area contributed by atoms with Gasteiger partial charge in [-0.3, -0.25) is 4.79 Å². The summed E-state index contributed by atoms with van der Waals surface area (Å²) in [4.78, 5) is 10.1. The van der Waals surface area contributed by atoms with Gasteiger partial charge in [-0.2, -0.15) is 0 Å². The summed E-state index contributed by atoms with van der Waals surface area (Å²) >= 11 is 10.7. The van der Waals surface area contributed by atoms with E-state index in [-0.39, 0.29) is 0 Å². The molecule has 2 unspecified atom stereocenters. The maximum Gasteiger partial charge on any atom is 0.236 e. The molecule has 0 aliphatic carbocycles. The SMILES string of the molecule is CC(Cl)C(Cl)C(N)=O. The minimum Gasteiger partial charge on any atom is -0.368 e. The van der Waals surface area contributed by atoms with Gasteiger partial charge in [-0.1, -0.05) is 0 Å². The largest absolute Gasteiger partial charge is 0.368 e. The zero-order valence-electron chi connectivity index (χ0n) is 4.40. The van der Waals surface area contributed by atoms with Crippen molar-refractivity contribution < 1.29 is 4.79 Å². The molecule has 2 atom stereocenters. The lowest BCUT2D eigenvalue weighted by Gasteiger charge is -2.04. The number of amides is 1. The van der Waals surface area contributed by atoms with E-state index in [4.69, 9.17) is 28.9 Å². The van der Waals surface area contributed by atoms with Gasteiger partial charge in [-0.15, -0.1) is 23.2 Å².